The molecule has 1 aliphatic heterocycles. The van der Waals surface area contributed by atoms with Crippen molar-refractivity contribution in [1.29, 1.82) is 5.26 Å². The molecule has 5 nitrogen and oxygen atoms in total. The van der Waals surface area contributed by atoms with E-state index in [1.807, 2.05) is 13.0 Å². The SMILES string of the molecule is CC1CN(S(=O)(=O)c2ccc(C#N)s2)CCO1. The molecular formula is C10H12N2O3S2. The first-order valence-corrected chi connectivity index (χ1v) is 7.41. The van der Waals surface area contributed by atoms with Crippen LogP contribution in [-0.2, 0) is 14.8 Å². The number of nitriles is 1. The van der Waals surface area contributed by atoms with E-state index in [-0.39, 0.29) is 10.3 Å². The minimum absolute atomic E-state index is 0.0890. The molecule has 0 saturated carbocycles. The molecular weight excluding hydrogens is 260 g/mol. The van der Waals surface area contributed by atoms with E-state index in [1.54, 1.807) is 0 Å². The van der Waals surface area contributed by atoms with Gasteiger partial charge in [0, 0.05) is 13.1 Å². The Bertz CT molecular complexity index is 544. The Hall–Kier alpha value is -0.940. The predicted molar refractivity (Wildman–Crippen MR) is 63.2 cm³/mol. The average Bonchev–Trinajstić information content (AvgIpc) is 2.78. The van der Waals surface area contributed by atoms with Crippen molar-refractivity contribution in [3.8, 4) is 6.07 Å². The van der Waals surface area contributed by atoms with Gasteiger partial charge in [-0.1, -0.05) is 0 Å². The molecule has 7 heteroatoms. The zero-order chi connectivity index (χ0) is 12.5. The molecule has 92 valence electrons. The maximum atomic E-state index is 12.2. The third kappa shape index (κ3) is 2.50. The van der Waals surface area contributed by atoms with Gasteiger partial charge in [-0.05, 0) is 19.1 Å². The summed E-state index contributed by atoms with van der Waals surface area (Å²) in [6.07, 6.45) is -0.0890. The Labute approximate surface area is 104 Å². The summed E-state index contributed by atoms with van der Waals surface area (Å²) in [5, 5.41) is 8.70. The third-order valence-electron chi connectivity index (χ3n) is 2.49. The molecule has 2 heterocycles. The van der Waals surface area contributed by atoms with Crippen molar-refractivity contribution in [3.05, 3.63) is 17.0 Å². The summed E-state index contributed by atoms with van der Waals surface area (Å²) < 4.78 is 31.4. The van der Waals surface area contributed by atoms with Gasteiger partial charge < -0.3 is 4.74 Å². The highest BCUT2D eigenvalue weighted by atomic mass is 32.2. The van der Waals surface area contributed by atoms with Crippen LogP contribution in [0.15, 0.2) is 16.3 Å². The van der Waals surface area contributed by atoms with Crippen LogP contribution in [0.5, 0.6) is 0 Å². The summed E-state index contributed by atoms with van der Waals surface area (Å²) in [7, 11) is -3.46. The smallest absolute Gasteiger partial charge is 0.252 e. The van der Waals surface area contributed by atoms with Crippen molar-refractivity contribution < 1.29 is 13.2 Å². The van der Waals surface area contributed by atoms with Gasteiger partial charge in [-0.25, -0.2) is 8.42 Å². The van der Waals surface area contributed by atoms with E-state index in [9.17, 15) is 8.42 Å². The average molecular weight is 272 g/mol. The fourth-order valence-electron chi connectivity index (χ4n) is 1.65. The largest absolute Gasteiger partial charge is 0.376 e. The summed E-state index contributed by atoms with van der Waals surface area (Å²) >= 11 is 1.00. The van der Waals surface area contributed by atoms with Gasteiger partial charge in [-0.2, -0.15) is 9.57 Å². The van der Waals surface area contributed by atoms with Gasteiger partial charge in [0.15, 0.2) is 0 Å². The lowest BCUT2D eigenvalue weighted by Gasteiger charge is -2.29. The van der Waals surface area contributed by atoms with Gasteiger partial charge in [0.25, 0.3) is 10.0 Å². The van der Waals surface area contributed by atoms with E-state index in [2.05, 4.69) is 0 Å². The zero-order valence-corrected chi connectivity index (χ0v) is 10.9. The molecule has 0 amide bonds. The van der Waals surface area contributed by atoms with Crippen LogP contribution in [0.2, 0.25) is 0 Å². The number of morpholine rings is 1. The van der Waals surface area contributed by atoms with Gasteiger partial charge >= 0.3 is 0 Å². The second-order valence-corrected chi connectivity index (χ2v) is 7.02. The van der Waals surface area contributed by atoms with E-state index in [0.29, 0.717) is 24.6 Å². The van der Waals surface area contributed by atoms with Crippen molar-refractivity contribution in [2.45, 2.75) is 17.2 Å². The quantitative estimate of drug-likeness (QED) is 0.806. The molecule has 0 aromatic carbocycles. The summed E-state index contributed by atoms with van der Waals surface area (Å²) in [6.45, 7) is 2.99. The van der Waals surface area contributed by atoms with E-state index in [4.69, 9.17) is 10.00 Å². The highest BCUT2D eigenvalue weighted by Gasteiger charge is 2.30. The van der Waals surface area contributed by atoms with Crippen LogP contribution < -0.4 is 0 Å². The van der Waals surface area contributed by atoms with Crippen LogP contribution in [0.25, 0.3) is 0 Å². The molecule has 0 bridgehead atoms. The fourth-order valence-corrected chi connectivity index (χ4v) is 4.41. The predicted octanol–water partition coefficient (Wildman–Crippen LogP) is 1.03. The molecule has 1 aromatic heterocycles. The lowest BCUT2D eigenvalue weighted by Crippen LogP contribution is -2.44. The van der Waals surface area contributed by atoms with Crippen LogP contribution in [0.1, 0.15) is 11.8 Å². The third-order valence-corrected chi connectivity index (χ3v) is 5.81. The molecule has 1 unspecified atom stereocenters. The summed E-state index contributed by atoms with van der Waals surface area (Å²) in [6, 6.07) is 4.96. The summed E-state index contributed by atoms with van der Waals surface area (Å²) in [5.74, 6) is 0. The molecule has 0 N–H and O–H groups in total. The fraction of sp³-hybridized carbons (Fsp3) is 0.500. The minimum Gasteiger partial charge on any atom is -0.376 e. The maximum absolute atomic E-state index is 12.2. The number of nitrogens with zero attached hydrogens (tertiary/aromatic N) is 2. The number of sulfonamides is 1. The first-order chi connectivity index (χ1) is 8.04. The standard InChI is InChI=1S/C10H12N2O3S2/c1-8-7-12(4-5-15-8)17(13,14)10-3-2-9(6-11)16-10/h2-3,8H,4-5,7H2,1H3. The number of hydrogen-bond acceptors (Lipinski definition) is 5. The lowest BCUT2D eigenvalue weighted by atomic mass is 10.3. The van der Waals surface area contributed by atoms with E-state index in [1.165, 1.54) is 16.4 Å². The molecule has 2 rings (SSSR count). The Morgan fingerprint density at radius 1 is 1.59 bits per heavy atom. The van der Waals surface area contributed by atoms with Crippen molar-refractivity contribution >= 4 is 21.4 Å². The molecule has 0 spiro atoms. The molecule has 0 aliphatic carbocycles. The van der Waals surface area contributed by atoms with E-state index in [0.717, 1.165) is 11.3 Å². The van der Waals surface area contributed by atoms with Crippen LogP contribution in [0.3, 0.4) is 0 Å². The topological polar surface area (TPSA) is 70.4 Å². The van der Waals surface area contributed by atoms with E-state index >= 15 is 0 Å². The van der Waals surface area contributed by atoms with Crippen LogP contribution >= 0.6 is 11.3 Å². The highest BCUT2D eigenvalue weighted by molar-refractivity contribution is 7.91. The second-order valence-electron chi connectivity index (χ2n) is 3.77. The van der Waals surface area contributed by atoms with E-state index < -0.39 is 10.0 Å². The van der Waals surface area contributed by atoms with Gasteiger partial charge in [-0.3, -0.25) is 0 Å². The van der Waals surface area contributed by atoms with Crippen molar-refractivity contribution in [2.75, 3.05) is 19.7 Å². The number of ether oxygens (including phenoxy) is 1. The Morgan fingerprint density at radius 3 is 2.94 bits per heavy atom. The lowest BCUT2D eigenvalue weighted by molar-refractivity contribution is 0.0102. The monoisotopic (exact) mass is 272 g/mol. The Kier molecular flexibility index (Phi) is 3.49. The van der Waals surface area contributed by atoms with Crippen molar-refractivity contribution in [2.24, 2.45) is 0 Å². The summed E-state index contributed by atoms with van der Waals surface area (Å²) in [5.41, 5.74) is 0. The van der Waals surface area contributed by atoms with Crippen LogP contribution in [0, 0.1) is 11.3 Å². The molecule has 1 fully saturated rings. The van der Waals surface area contributed by atoms with Crippen molar-refractivity contribution in [1.82, 2.24) is 4.31 Å². The first kappa shape index (κ1) is 12.5. The molecule has 0 radical (unpaired) electrons. The maximum Gasteiger partial charge on any atom is 0.252 e. The zero-order valence-electron chi connectivity index (χ0n) is 9.29. The number of thiophene rings is 1. The van der Waals surface area contributed by atoms with Gasteiger partial charge in [0.2, 0.25) is 0 Å². The number of hydrogen-bond donors (Lipinski definition) is 0. The molecule has 1 saturated heterocycles. The first-order valence-electron chi connectivity index (χ1n) is 5.16. The molecule has 1 aliphatic rings. The Morgan fingerprint density at radius 2 is 2.35 bits per heavy atom. The molecule has 17 heavy (non-hydrogen) atoms. The van der Waals surface area contributed by atoms with Crippen LogP contribution in [-0.4, -0.2) is 38.5 Å². The van der Waals surface area contributed by atoms with Gasteiger partial charge in [-0.15, -0.1) is 11.3 Å². The molecule has 1 aromatic rings. The normalized spacial score (nSPS) is 22.2. The summed E-state index contributed by atoms with van der Waals surface area (Å²) in [4.78, 5) is 0.407. The highest BCUT2D eigenvalue weighted by Crippen LogP contribution is 2.25. The number of rotatable bonds is 2. The second kappa shape index (κ2) is 4.74. The van der Waals surface area contributed by atoms with Crippen molar-refractivity contribution in [3.63, 3.8) is 0 Å². The Balaban J connectivity index is 2.27. The van der Waals surface area contributed by atoms with Crippen LogP contribution in [0.4, 0.5) is 0 Å². The molecule has 1 atom stereocenters. The minimum atomic E-state index is -3.46. The van der Waals surface area contributed by atoms with Gasteiger partial charge in [0.05, 0.1) is 12.7 Å². The van der Waals surface area contributed by atoms with Gasteiger partial charge in [0.1, 0.15) is 15.2 Å².